The molecule has 3 aromatic heterocycles. The molecule has 41 heavy (non-hydrogen) atoms. The largest absolute Gasteiger partial charge is 0.341 e. The molecule has 5 heterocycles. The van der Waals surface area contributed by atoms with Gasteiger partial charge in [-0.1, -0.05) is 12.6 Å². The lowest BCUT2D eigenvalue weighted by Crippen LogP contribution is -2.38. The number of allylic oxidation sites excluding steroid dienone is 1. The summed E-state index contributed by atoms with van der Waals surface area (Å²) in [6.45, 7) is 13.3. The Hall–Kier alpha value is -4.38. The summed E-state index contributed by atoms with van der Waals surface area (Å²) in [6.07, 6.45) is 8.23. The number of aromatic amines is 1. The number of piperidine rings is 1. The second-order valence-electron chi connectivity index (χ2n) is 11.1. The smallest absolute Gasteiger partial charge is 0.256 e. The molecular formula is C30H36N10O. The van der Waals surface area contributed by atoms with Crippen molar-refractivity contribution in [1.82, 2.24) is 35.0 Å². The molecule has 1 amide bonds. The number of aromatic nitrogens is 6. The summed E-state index contributed by atoms with van der Waals surface area (Å²) in [7, 11) is 0. The number of nitrogens with zero attached hydrogens (tertiary/aromatic N) is 7. The average molecular weight is 553 g/mol. The maximum absolute atomic E-state index is 13.0. The van der Waals surface area contributed by atoms with Gasteiger partial charge in [-0.25, -0.2) is 19.9 Å². The van der Waals surface area contributed by atoms with Crippen molar-refractivity contribution in [3.63, 3.8) is 0 Å². The highest BCUT2D eigenvalue weighted by Crippen LogP contribution is 2.28. The van der Waals surface area contributed by atoms with Crippen molar-refractivity contribution >= 4 is 45.8 Å². The minimum Gasteiger partial charge on any atom is -0.341 e. The van der Waals surface area contributed by atoms with E-state index in [1.807, 2.05) is 26.0 Å². The lowest BCUT2D eigenvalue weighted by atomic mass is 9.96. The topological polar surface area (TPSA) is 128 Å². The monoisotopic (exact) mass is 552 g/mol. The molecular weight excluding hydrogens is 516 g/mol. The summed E-state index contributed by atoms with van der Waals surface area (Å²) in [6, 6.07) is 7.26. The highest BCUT2D eigenvalue weighted by Gasteiger charge is 2.24. The first-order valence-corrected chi connectivity index (χ1v) is 14.3. The second kappa shape index (κ2) is 11.6. The Morgan fingerprint density at radius 1 is 1.10 bits per heavy atom. The molecule has 3 N–H and O–H groups in total. The number of hydrogen-bond donors (Lipinski definition) is 3. The van der Waals surface area contributed by atoms with Gasteiger partial charge in [-0.15, -0.1) is 0 Å². The van der Waals surface area contributed by atoms with Crippen LogP contribution in [0, 0.1) is 12.8 Å². The molecule has 2 aliphatic heterocycles. The van der Waals surface area contributed by atoms with Crippen LogP contribution in [-0.4, -0.2) is 73.7 Å². The number of anilines is 4. The van der Waals surface area contributed by atoms with Crippen LogP contribution in [-0.2, 0) is 0 Å². The van der Waals surface area contributed by atoms with Gasteiger partial charge < -0.3 is 20.4 Å². The highest BCUT2D eigenvalue weighted by atomic mass is 16.1. The predicted octanol–water partition coefficient (Wildman–Crippen LogP) is 4.79. The van der Waals surface area contributed by atoms with Gasteiger partial charge in [0.1, 0.15) is 23.2 Å². The molecule has 2 aliphatic rings. The van der Waals surface area contributed by atoms with Crippen LogP contribution in [0.5, 0.6) is 0 Å². The Labute approximate surface area is 239 Å². The Balaban J connectivity index is 1.18. The van der Waals surface area contributed by atoms with E-state index in [0.29, 0.717) is 39.9 Å². The number of carbonyl (C=O) groups is 1. The minimum atomic E-state index is -0.254. The van der Waals surface area contributed by atoms with E-state index in [2.05, 4.69) is 52.2 Å². The summed E-state index contributed by atoms with van der Waals surface area (Å²) < 4.78 is 0. The molecule has 6 rings (SSSR count). The third-order valence-electron chi connectivity index (χ3n) is 7.99. The molecule has 212 valence electrons. The van der Waals surface area contributed by atoms with Crippen LogP contribution in [0.4, 0.5) is 23.3 Å². The van der Waals surface area contributed by atoms with E-state index in [4.69, 9.17) is 4.98 Å². The lowest BCUT2D eigenvalue weighted by molar-refractivity contribution is 0.102. The summed E-state index contributed by atoms with van der Waals surface area (Å²) in [5.74, 6) is 2.26. The number of hydrogen-bond acceptors (Lipinski definition) is 9. The van der Waals surface area contributed by atoms with E-state index in [9.17, 15) is 4.79 Å². The zero-order valence-electron chi connectivity index (χ0n) is 23.7. The molecule has 0 atom stereocenters. The third kappa shape index (κ3) is 6.04. The van der Waals surface area contributed by atoms with Gasteiger partial charge in [0, 0.05) is 37.0 Å². The van der Waals surface area contributed by atoms with Gasteiger partial charge in [-0.3, -0.25) is 9.89 Å². The maximum atomic E-state index is 13.0. The van der Waals surface area contributed by atoms with Gasteiger partial charge in [-0.05, 0) is 81.8 Å². The molecule has 11 nitrogen and oxygen atoms in total. The fourth-order valence-corrected chi connectivity index (χ4v) is 5.56. The van der Waals surface area contributed by atoms with E-state index in [1.54, 1.807) is 18.3 Å². The van der Waals surface area contributed by atoms with Crippen LogP contribution in [0.3, 0.4) is 0 Å². The number of aryl methyl sites for hydroxylation is 1. The first kappa shape index (κ1) is 26.8. The molecule has 0 bridgehead atoms. The van der Waals surface area contributed by atoms with Crippen LogP contribution in [0.15, 0.2) is 43.4 Å². The zero-order chi connectivity index (χ0) is 28.3. The SMILES string of the molecule is C=C(C)c1cc(NC(=O)c2ccc(C)c(Nc3ncnc4cnc(N5CCC(CN6CCCC6)CC5)nc34)c2)[nH]n1. The molecule has 2 saturated heterocycles. The maximum Gasteiger partial charge on any atom is 0.256 e. The van der Waals surface area contributed by atoms with E-state index in [1.165, 1.54) is 38.8 Å². The zero-order valence-corrected chi connectivity index (χ0v) is 23.7. The molecule has 11 heteroatoms. The summed E-state index contributed by atoms with van der Waals surface area (Å²) in [5.41, 5.74) is 5.05. The molecule has 4 aromatic rings. The number of fused-ring (bicyclic) bond motifs is 1. The van der Waals surface area contributed by atoms with E-state index in [0.717, 1.165) is 48.7 Å². The van der Waals surface area contributed by atoms with Gasteiger partial charge in [0.15, 0.2) is 5.82 Å². The molecule has 0 unspecified atom stereocenters. The number of rotatable bonds is 8. The number of amides is 1. The molecule has 0 aliphatic carbocycles. The van der Waals surface area contributed by atoms with Crippen molar-refractivity contribution in [3.8, 4) is 0 Å². The summed E-state index contributed by atoms with van der Waals surface area (Å²) >= 11 is 0. The third-order valence-corrected chi connectivity index (χ3v) is 7.99. The fraction of sp³-hybridized carbons (Fsp3) is 0.400. The average Bonchev–Trinajstić information content (AvgIpc) is 3.67. The predicted molar refractivity (Wildman–Crippen MR) is 161 cm³/mol. The van der Waals surface area contributed by atoms with Crippen LogP contribution >= 0.6 is 0 Å². The number of H-pyrrole nitrogens is 1. The van der Waals surface area contributed by atoms with Gasteiger partial charge in [0.2, 0.25) is 5.95 Å². The van der Waals surface area contributed by atoms with E-state index >= 15 is 0 Å². The van der Waals surface area contributed by atoms with Crippen molar-refractivity contribution < 1.29 is 4.79 Å². The van der Waals surface area contributed by atoms with Crippen molar-refractivity contribution in [2.75, 3.05) is 48.3 Å². The minimum absolute atomic E-state index is 0.254. The van der Waals surface area contributed by atoms with E-state index in [-0.39, 0.29) is 5.91 Å². The Bertz CT molecular complexity index is 1570. The first-order chi connectivity index (χ1) is 19.9. The number of carbonyl (C=O) groups excluding carboxylic acids is 1. The molecule has 0 radical (unpaired) electrons. The molecule has 1 aromatic carbocycles. The van der Waals surface area contributed by atoms with Gasteiger partial charge in [0.05, 0.1) is 11.9 Å². The highest BCUT2D eigenvalue weighted by molar-refractivity contribution is 6.04. The normalized spacial score (nSPS) is 16.3. The Morgan fingerprint density at radius 3 is 2.66 bits per heavy atom. The Morgan fingerprint density at radius 2 is 1.90 bits per heavy atom. The quantitative estimate of drug-likeness (QED) is 0.283. The number of likely N-dealkylation sites (tertiary alicyclic amines) is 1. The van der Waals surface area contributed by atoms with E-state index < -0.39 is 0 Å². The van der Waals surface area contributed by atoms with Crippen LogP contribution in [0.2, 0.25) is 0 Å². The van der Waals surface area contributed by atoms with Gasteiger partial charge >= 0.3 is 0 Å². The second-order valence-corrected chi connectivity index (χ2v) is 11.1. The Kier molecular flexibility index (Phi) is 7.60. The van der Waals surface area contributed by atoms with Crippen molar-refractivity contribution in [2.24, 2.45) is 5.92 Å². The van der Waals surface area contributed by atoms with Crippen LogP contribution in [0.25, 0.3) is 16.6 Å². The molecule has 2 fully saturated rings. The van der Waals surface area contributed by atoms with Gasteiger partial charge in [-0.2, -0.15) is 5.10 Å². The van der Waals surface area contributed by atoms with Crippen molar-refractivity contribution in [2.45, 2.75) is 39.5 Å². The molecule has 0 spiro atoms. The fourth-order valence-electron chi connectivity index (χ4n) is 5.56. The number of nitrogens with one attached hydrogen (secondary N) is 3. The standard InChI is InChI=1S/C30H36N10O/c1-19(2)23-15-26(38-37-23)35-29(41)22-7-6-20(3)24(14-22)34-28-27-25(32-18-33-28)16-31-30(36-27)40-12-8-21(9-13-40)17-39-10-4-5-11-39/h6-7,14-16,18,21H,1,4-5,8-13,17H2,2-3H3,(H,32,33,34)(H2,35,37,38,41). The summed E-state index contributed by atoms with van der Waals surface area (Å²) in [5, 5.41) is 13.2. The van der Waals surface area contributed by atoms with Crippen molar-refractivity contribution in [1.29, 1.82) is 0 Å². The summed E-state index contributed by atoms with van der Waals surface area (Å²) in [4.78, 5) is 36.3. The first-order valence-electron chi connectivity index (χ1n) is 14.3. The van der Waals surface area contributed by atoms with Gasteiger partial charge in [0.25, 0.3) is 5.91 Å². The molecule has 0 saturated carbocycles. The van der Waals surface area contributed by atoms with Crippen LogP contribution < -0.4 is 15.5 Å². The number of benzene rings is 1. The van der Waals surface area contributed by atoms with Crippen molar-refractivity contribution in [3.05, 3.63) is 60.2 Å². The lowest BCUT2D eigenvalue weighted by Gasteiger charge is -2.33. The van der Waals surface area contributed by atoms with Crippen LogP contribution in [0.1, 0.15) is 54.2 Å².